The Morgan fingerprint density at radius 2 is 0.673 bits per heavy atom. The molecule has 246 valence electrons. The Bertz CT molecular complexity index is 2760. The van der Waals surface area contributed by atoms with Crippen LogP contribution in [0.3, 0.4) is 0 Å². The minimum atomic E-state index is 1.16. The van der Waals surface area contributed by atoms with Gasteiger partial charge in [0.15, 0.2) is 0 Å². The van der Waals surface area contributed by atoms with E-state index in [2.05, 4.69) is 205 Å². The molecule has 0 fully saturated rings. The fourth-order valence-corrected chi connectivity index (χ4v) is 8.20. The lowest BCUT2D eigenvalue weighted by Gasteiger charge is -2.17. The lowest BCUT2D eigenvalue weighted by Crippen LogP contribution is -1.99. The van der Waals surface area contributed by atoms with E-state index in [0.29, 0.717) is 0 Å². The first-order valence-electron chi connectivity index (χ1n) is 18.0. The predicted molar refractivity (Wildman–Crippen MR) is 221 cm³/mol. The minimum absolute atomic E-state index is 1.16. The SMILES string of the molecule is Cc1ccc(-n2c3ccccc3c3ccc(-c4ccccc4)cc32)cc1-c1cc(-n2c3ccccc3c3ccc(-c4ccccc4)cc32)ccc1C. The number of para-hydroxylation sites is 2. The smallest absolute Gasteiger partial charge is 0.0547 e. The van der Waals surface area contributed by atoms with Crippen molar-refractivity contribution >= 4 is 43.6 Å². The molecule has 0 unspecified atom stereocenters. The molecule has 0 saturated heterocycles. The quantitative estimate of drug-likeness (QED) is 0.173. The van der Waals surface area contributed by atoms with E-state index in [-0.39, 0.29) is 0 Å². The molecule has 0 aliphatic rings. The molecular formula is C50H36N2. The number of hydrogen-bond donors (Lipinski definition) is 0. The van der Waals surface area contributed by atoms with Gasteiger partial charge in [0.05, 0.1) is 22.1 Å². The van der Waals surface area contributed by atoms with Crippen molar-refractivity contribution in [3.05, 3.63) is 193 Å². The fraction of sp³-hybridized carbons (Fsp3) is 0.0400. The van der Waals surface area contributed by atoms with E-state index in [9.17, 15) is 0 Å². The second kappa shape index (κ2) is 12.0. The minimum Gasteiger partial charge on any atom is -0.309 e. The van der Waals surface area contributed by atoms with Crippen molar-refractivity contribution in [3.63, 3.8) is 0 Å². The van der Waals surface area contributed by atoms with Crippen LogP contribution in [0.5, 0.6) is 0 Å². The Kier molecular flexibility index (Phi) is 6.97. The second-order valence-electron chi connectivity index (χ2n) is 13.9. The molecular weight excluding hydrogens is 629 g/mol. The molecule has 10 rings (SSSR count). The van der Waals surface area contributed by atoms with Crippen molar-refractivity contribution in [1.82, 2.24) is 9.13 Å². The van der Waals surface area contributed by atoms with Gasteiger partial charge in [0.25, 0.3) is 0 Å². The van der Waals surface area contributed by atoms with Crippen molar-refractivity contribution < 1.29 is 0 Å². The lowest BCUT2D eigenvalue weighted by atomic mass is 9.95. The molecule has 0 bridgehead atoms. The third kappa shape index (κ3) is 4.80. The molecule has 0 saturated carbocycles. The van der Waals surface area contributed by atoms with Gasteiger partial charge in [-0.25, -0.2) is 0 Å². The molecule has 0 aliphatic heterocycles. The Labute approximate surface area is 303 Å². The van der Waals surface area contributed by atoms with Crippen LogP contribution in [-0.4, -0.2) is 9.13 Å². The highest BCUT2D eigenvalue weighted by Gasteiger charge is 2.18. The van der Waals surface area contributed by atoms with Crippen LogP contribution in [0.1, 0.15) is 11.1 Å². The third-order valence-electron chi connectivity index (χ3n) is 10.8. The van der Waals surface area contributed by atoms with Crippen LogP contribution >= 0.6 is 0 Å². The maximum atomic E-state index is 2.44. The molecule has 0 radical (unpaired) electrons. The van der Waals surface area contributed by atoms with Gasteiger partial charge in [-0.1, -0.05) is 133 Å². The van der Waals surface area contributed by atoms with E-state index >= 15 is 0 Å². The second-order valence-corrected chi connectivity index (χ2v) is 13.9. The summed E-state index contributed by atoms with van der Waals surface area (Å²) in [5.74, 6) is 0. The first kappa shape index (κ1) is 30.2. The van der Waals surface area contributed by atoms with Crippen LogP contribution in [0.4, 0.5) is 0 Å². The zero-order valence-electron chi connectivity index (χ0n) is 29.2. The van der Waals surface area contributed by atoms with Gasteiger partial charge < -0.3 is 9.13 Å². The van der Waals surface area contributed by atoms with Crippen molar-refractivity contribution in [3.8, 4) is 44.8 Å². The number of aromatic nitrogens is 2. The van der Waals surface area contributed by atoms with Gasteiger partial charge in [-0.2, -0.15) is 0 Å². The maximum Gasteiger partial charge on any atom is 0.0547 e. The zero-order chi connectivity index (χ0) is 34.8. The van der Waals surface area contributed by atoms with Crippen LogP contribution in [0.15, 0.2) is 182 Å². The van der Waals surface area contributed by atoms with Gasteiger partial charge in [0, 0.05) is 32.9 Å². The van der Waals surface area contributed by atoms with E-state index in [1.54, 1.807) is 0 Å². The van der Waals surface area contributed by atoms with E-state index in [0.717, 1.165) is 11.4 Å². The van der Waals surface area contributed by atoms with Gasteiger partial charge in [-0.3, -0.25) is 0 Å². The van der Waals surface area contributed by atoms with Gasteiger partial charge in [-0.05, 0) is 107 Å². The predicted octanol–water partition coefficient (Wildman–Crippen LogP) is 13.5. The highest BCUT2D eigenvalue weighted by atomic mass is 15.0. The van der Waals surface area contributed by atoms with Crippen LogP contribution in [0.2, 0.25) is 0 Å². The Morgan fingerprint density at radius 1 is 0.288 bits per heavy atom. The zero-order valence-corrected chi connectivity index (χ0v) is 29.2. The molecule has 2 nitrogen and oxygen atoms in total. The van der Waals surface area contributed by atoms with Crippen molar-refractivity contribution in [1.29, 1.82) is 0 Å². The topological polar surface area (TPSA) is 9.86 Å². The number of rotatable bonds is 5. The normalized spacial score (nSPS) is 11.7. The fourth-order valence-electron chi connectivity index (χ4n) is 8.20. The average Bonchev–Trinajstić information content (AvgIpc) is 3.71. The molecule has 0 spiro atoms. The molecule has 2 heteroatoms. The number of aryl methyl sites for hydroxylation is 2. The summed E-state index contributed by atoms with van der Waals surface area (Å²) in [6.45, 7) is 4.47. The van der Waals surface area contributed by atoms with Gasteiger partial charge in [-0.15, -0.1) is 0 Å². The van der Waals surface area contributed by atoms with Crippen LogP contribution < -0.4 is 0 Å². The van der Waals surface area contributed by atoms with E-state index in [4.69, 9.17) is 0 Å². The Balaban J connectivity index is 1.17. The monoisotopic (exact) mass is 664 g/mol. The molecule has 0 atom stereocenters. The summed E-state index contributed by atoms with van der Waals surface area (Å²) < 4.78 is 4.88. The summed E-state index contributed by atoms with van der Waals surface area (Å²) in [4.78, 5) is 0. The Morgan fingerprint density at radius 3 is 1.12 bits per heavy atom. The first-order chi connectivity index (χ1) is 25.6. The molecule has 8 aromatic carbocycles. The van der Waals surface area contributed by atoms with Crippen molar-refractivity contribution in [2.24, 2.45) is 0 Å². The number of fused-ring (bicyclic) bond motifs is 6. The maximum absolute atomic E-state index is 2.44. The molecule has 0 amide bonds. The van der Waals surface area contributed by atoms with Crippen LogP contribution in [-0.2, 0) is 0 Å². The van der Waals surface area contributed by atoms with Gasteiger partial charge in [0.2, 0.25) is 0 Å². The Hall–Kier alpha value is -6.64. The highest BCUT2D eigenvalue weighted by molar-refractivity contribution is 6.11. The van der Waals surface area contributed by atoms with E-state index < -0.39 is 0 Å². The number of benzene rings is 8. The number of nitrogens with zero attached hydrogens (tertiary/aromatic N) is 2. The summed E-state index contributed by atoms with van der Waals surface area (Å²) in [7, 11) is 0. The van der Waals surface area contributed by atoms with E-state index in [1.807, 2.05) is 0 Å². The van der Waals surface area contributed by atoms with Gasteiger partial charge >= 0.3 is 0 Å². The first-order valence-corrected chi connectivity index (χ1v) is 18.0. The van der Waals surface area contributed by atoms with Crippen molar-refractivity contribution in [2.75, 3.05) is 0 Å². The summed E-state index contributed by atoms with van der Waals surface area (Å²) in [5.41, 5.74) is 17.0. The summed E-state index contributed by atoms with van der Waals surface area (Å²) in [5, 5.41) is 5.05. The molecule has 2 heterocycles. The summed E-state index contributed by atoms with van der Waals surface area (Å²) >= 11 is 0. The van der Waals surface area contributed by atoms with Crippen LogP contribution in [0.25, 0.3) is 88.4 Å². The summed E-state index contributed by atoms with van der Waals surface area (Å²) in [6, 6.07) is 66.6. The van der Waals surface area contributed by atoms with E-state index in [1.165, 1.54) is 88.1 Å². The molecule has 0 aliphatic carbocycles. The largest absolute Gasteiger partial charge is 0.309 e. The molecule has 0 N–H and O–H groups in total. The number of hydrogen-bond acceptors (Lipinski definition) is 0. The lowest BCUT2D eigenvalue weighted by molar-refractivity contribution is 1.17. The third-order valence-corrected chi connectivity index (χ3v) is 10.8. The summed E-state index contributed by atoms with van der Waals surface area (Å²) in [6.07, 6.45) is 0. The molecule has 52 heavy (non-hydrogen) atoms. The van der Waals surface area contributed by atoms with Gasteiger partial charge in [0.1, 0.15) is 0 Å². The molecule has 2 aromatic heterocycles. The van der Waals surface area contributed by atoms with Crippen LogP contribution in [0, 0.1) is 13.8 Å². The van der Waals surface area contributed by atoms with Crippen molar-refractivity contribution in [2.45, 2.75) is 13.8 Å². The average molecular weight is 665 g/mol. The standard InChI is InChI=1S/C50H36N2/c1-33-21-25-39(51-47-19-11-9-17-41(47)43-27-23-37(29-49(43)51)35-13-5-3-6-14-35)31-45(33)46-32-40(26-22-34(46)2)52-48-20-12-10-18-42(48)44-28-24-38(30-50(44)52)36-15-7-4-8-16-36/h3-32H,1-2H3. The molecule has 10 aromatic rings. The highest BCUT2D eigenvalue weighted by Crippen LogP contribution is 2.39.